The summed E-state index contributed by atoms with van der Waals surface area (Å²) in [6.07, 6.45) is 0. The van der Waals surface area contributed by atoms with Crippen LogP contribution in [-0.4, -0.2) is 22.1 Å². The van der Waals surface area contributed by atoms with Crippen molar-refractivity contribution in [3.8, 4) is 11.4 Å². The Balaban J connectivity index is 2.24. The van der Waals surface area contributed by atoms with Crippen molar-refractivity contribution in [3.05, 3.63) is 64.2 Å². The number of fused-ring (bicyclic) bond motifs is 1. The van der Waals surface area contributed by atoms with Crippen LogP contribution in [0.4, 0.5) is 0 Å². The molecule has 0 aliphatic heterocycles. The minimum Gasteiger partial charge on any atom is -0.481 e. The Hall–Kier alpha value is -3.15. The number of carbonyl (C=O) groups is 1. The molecule has 1 aromatic heterocycles. The Bertz CT molecular complexity index is 992. The number of aryl methyl sites for hydroxylation is 2. The Morgan fingerprint density at radius 3 is 2.62 bits per heavy atom. The third-order valence-electron chi connectivity index (χ3n) is 3.76. The lowest BCUT2D eigenvalue weighted by Crippen LogP contribution is -2.24. The highest BCUT2D eigenvalue weighted by Gasteiger charge is 2.14. The molecule has 2 N–H and O–H groups in total. The van der Waals surface area contributed by atoms with Crippen molar-refractivity contribution in [1.82, 2.24) is 9.55 Å². The van der Waals surface area contributed by atoms with Crippen LogP contribution in [0.15, 0.2) is 47.3 Å². The van der Waals surface area contributed by atoms with Crippen LogP contribution >= 0.6 is 0 Å². The number of amides is 1. The number of benzene rings is 2. The van der Waals surface area contributed by atoms with Gasteiger partial charge in [-0.15, -0.1) is 0 Å². The van der Waals surface area contributed by atoms with Gasteiger partial charge in [0.15, 0.2) is 6.61 Å². The predicted molar refractivity (Wildman–Crippen MR) is 91.5 cm³/mol. The average Bonchev–Trinajstić information content (AvgIpc) is 2.54. The van der Waals surface area contributed by atoms with E-state index in [9.17, 15) is 9.59 Å². The Labute approximate surface area is 138 Å². The van der Waals surface area contributed by atoms with Gasteiger partial charge in [0.1, 0.15) is 17.1 Å². The number of rotatable bonds is 4. The summed E-state index contributed by atoms with van der Waals surface area (Å²) in [6, 6.07) is 12.7. The number of aromatic nitrogens is 2. The van der Waals surface area contributed by atoms with Crippen LogP contribution in [0, 0.1) is 13.8 Å². The summed E-state index contributed by atoms with van der Waals surface area (Å²) in [5.41, 5.74) is 7.12. The molecule has 0 saturated heterocycles. The highest BCUT2D eigenvalue weighted by molar-refractivity contribution is 5.84. The lowest BCUT2D eigenvalue weighted by Gasteiger charge is -2.14. The zero-order valence-corrected chi connectivity index (χ0v) is 13.4. The van der Waals surface area contributed by atoms with Gasteiger partial charge in [-0.25, -0.2) is 4.98 Å². The van der Waals surface area contributed by atoms with Gasteiger partial charge in [-0.05, 0) is 37.6 Å². The first-order chi connectivity index (χ1) is 11.5. The minimum atomic E-state index is -0.586. The molecule has 0 spiro atoms. The SMILES string of the molecule is Cc1ccccc1-n1c(C)nc2c(OCC(N)=O)cccc2c1=O. The van der Waals surface area contributed by atoms with Crippen molar-refractivity contribution >= 4 is 16.8 Å². The fraction of sp³-hybridized carbons (Fsp3) is 0.167. The molecule has 6 heteroatoms. The normalized spacial score (nSPS) is 10.8. The number of para-hydroxylation sites is 2. The van der Waals surface area contributed by atoms with E-state index in [1.165, 1.54) is 0 Å². The molecule has 24 heavy (non-hydrogen) atoms. The molecule has 2 aromatic carbocycles. The summed E-state index contributed by atoms with van der Waals surface area (Å²) < 4.78 is 6.95. The molecule has 3 rings (SSSR count). The molecular weight excluding hydrogens is 306 g/mol. The van der Waals surface area contributed by atoms with Crippen LogP contribution in [0.1, 0.15) is 11.4 Å². The fourth-order valence-electron chi connectivity index (χ4n) is 2.65. The Morgan fingerprint density at radius 2 is 1.92 bits per heavy atom. The van der Waals surface area contributed by atoms with E-state index < -0.39 is 5.91 Å². The third-order valence-corrected chi connectivity index (χ3v) is 3.76. The number of ether oxygens (including phenoxy) is 1. The first kappa shape index (κ1) is 15.7. The monoisotopic (exact) mass is 323 g/mol. The minimum absolute atomic E-state index is 0.184. The summed E-state index contributed by atoms with van der Waals surface area (Å²) in [7, 11) is 0. The van der Waals surface area contributed by atoms with Gasteiger partial charge >= 0.3 is 0 Å². The molecule has 0 bridgehead atoms. The molecule has 0 fully saturated rings. The number of nitrogens with two attached hydrogens (primary N) is 1. The quantitative estimate of drug-likeness (QED) is 0.794. The van der Waals surface area contributed by atoms with Gasteiger partial charge in [-0.1, -0.05) is 24.3 Å². The molecule has 0 atom stereocenters. The van der Waals surface area contributed by atoms with Crippen LogP contribution in [0.5, 0.6) is 5.75 Å². The van der Waals surface area contributed by atoms with E-state index in [4.69, 9.17) is 10.5 Å². The van der Waals surface area contributed by atoms with E-state index in [2.05, 4.69) is 4.98 Å². The van der Waals surface area contributed by atoms with E-state index in [0.717, 1.165) is 11.3 Å². The number of hydrogen-bond donors (Lipinski definition) is 1. The molecular formula is C18H17N3O3. The van der Waals surface area contributed by atoms with Crippen LogP contribution in [0.25, 0.3) is 16.6 Å². The molecule has 3 aromatic rings. The van der Waals surface area contributed by atoms with Gasteiger partial charge in [-0.3, -0.25) is 14.2 Å². The van der Waals surface area contributed by atoms with Crippen LogP contribution in [-0.2, 0) is 4.79 Å². The van der Waals surface area contributed by atoms with Crippen LogP contribution < -0.4 is 16.0 Å². The van der Waals surface area contributed by atoms with E-state index in [-0.39, 0.29) is 12.2 Å². The van der Waals surface area contributed by atoms with E-state index in [1.807, 2.05) is 31.2 Å². The van der Waals surface area contributed by atoms with Crippen molar-refractivity contribution in [2.75, 3.05) is 6.61 Å². The second-order valence-corrected chi connectivity index (χ2v) is 5.49. The molecule has 1 heterocycles. The van der Waals surface area contributed by atoms with Gasteiger partial charge in [-0.2, -0.15) is 0 Å². The van der Waals surface area contributed by atoms with Crippen molar-refractivity contribution in [1.29, 1.82) is 0 Å². The number of hydrogen-bond acceptors (Lipinski definition) is 4. The molecule has 6 nitrogen and oxygen atoms in total. The topological polar surface area (TPSA) is 87.2 Å². The Morgan fingerprint density at radius 1 is 1.17 bits per heavy atom. The molecule has 1 amide bonds. The first-order valence-corrected chi connectivity index (χ1v) is 7.48. The third kappa shape index (κ3) is 2.74. The smallest absolute Gasteiger partial charge is 0.266 e. The standard InChI is InChI=1S/C18H17N3O3/c1-11-6-3-4-8-14(11)21-12(2)20-17-13(18(21)23)7-5-9-15(17)24-10-16(19)22/h3-9H,10H2,1-2H3,(H2,19,22). The van der Waals surface area contributed by atoms with Crippen molar-refractivity contribution in [2.24, 2.45) is 5.73 Å². The summed E-state index contributed by atoms with van der Waals surface area (Å²) in [5, 5.41) is 0.422. The maximum atomic E-state index is 13.0. The summed E-state index contributed by atoms with van der Waals surface area (Å²) in [5.74, 6) is 0.317. The maximum Gasteiger partial charge on any atom is 0.266 e. The van der Waals surface area contributed by atoms with Crippen molar-refractivity contribution in [2.45, 2.75) is 13.8 Å². The van der Waals surface area contributed by atoms with Gasteiger partial charge in [0.25, 0.3) is 11.5 Å². The predicted octanol–water partition coefficient (Wildman–Crippen LogP) is 1.87. The number of carbonyl (C=O) groups excluding carboxylic acids is 1. The molecule has 0 aliphatic carbocycles. The summed E-state index contributed by atoms with van der Waals surface area (Å²) in [6.45, 7) is 3.44. The van der Waals surface area contributed by atoms with Gasteiger partial charge in [0.05, 0.1) is 11.1 Å². The average molecular weight is 323 g/mol. The molecule has 0 saturated carbocycles. The summed E-state index contributed by atoms with van der Waals surface area (Å²) in [4.78, 5) is 28.4. The van der Waals surface area contributed by atoms with E-state index in [0.29, 0.717) is 22.5 Å². The Kier molecular flexibility index (Phi) is 4.04. The van der Waals surface area contributed by atoms with Crippen LogP contribution in [0.3, 0.4) is 0 Å². The second-order valence-electron chi connectivity index (χ2n) is 5.49. The van der Waals surface area contributed by atoms with Gasteiger partial charge in [0, 0.05) is 0 Å². The highest BCUT2D eigenvalue weighted by Crippen LogP contribution is 2.23. The van der Waals surface area contributed by atoms with Gasteiger partial charge < -0.3 is 10.5 Å². The molecule has 0 radical (unpaired) electrons. The van der Waals surface area contributed by atoms with E-state index >= 15 is 0 Å². The lowest BCUT2D eigenvalue weighted by molar-refractivity contribution is -0.119. The molecule has 122 valence electrons. The molecule has 0 unspecified atom stereocenters. The number of nitrogens with zero attached hydrogens (tertiary/aromatic N) is 2. The maximum absolute atomic E-state index is 13.0. The van der Waals surface area contributed by atoms with Gasteiger partial charge in [0.2, 0.25) is 0 Å². The van der Waals surface area contributed by atoms with Crippen LogP contribution in [0.2, 0.25) is 0 Å². The van der Waals surface area contributed by atoms with Crippen molar-refractivity contribution < 1.29 is 9.53 Å². The number of primary amides is 1. The first-order valence-electron chi connectivity index (χ1n) is 7.48. The highest BCUT2D eigenvalue weighted by atomic mass is 16.5. The largest absolute Gasteiger partial charge is 0.481 e. The second kappa shape index (κ2) is 6.16. The van der Waals surface area contributed by atoms with Crippen molar-refractivity contribution in [3.63, 3.8) is 0 Å². The lowest BCUT2D eigenvalue weighted by atomic mass is 10.1. The zero-order valence-electron chi connectivity index (χ0n) is 13.4. The summed E-state index contributed by atoms with van der Waals surface area (Å²) >= 11 is 0. The fourth-order valence-corrected chi connectivity index (χ4v) is 2.65. The molecule has 0 aliphatic rings. The zero-order chi connectivity index (χ0) is 17.3. The van der Waals surface area contributed by atoms with E-state index in [1.54, 1.807) is 29.7 Å².